The fraction of sp³-hybridized carbons (Fsp3) is 0.591. The van der Waals surface area contributed by atoms with Gasteiger partial charge in [-0.3, -0.25) is 0 Å². The van der Waals surface area contributed by atoms with E-state index in [1.54, 1.807) is 0 Å². The van der Waals surface area contributed by atoms with Crippen LogP contribution in [0.4, 0.5) is 9.93 Å². The van der Waals surface area contributed by atoms with E-state index in [1.165, 1.54) is 36.4 Å². The Morgan fingerprint density at radius 1 is 1.07 bits per heavy atom. The lowest BCUT2D eigenvalue weighted by Gasteiger charge is -2.31. The zero-order valence-electron chi connectivity index (χ0n) is 17.0. The summed E-state index contributed by atoms with van der Waals surface area (Å²) in [5.41, 5.74) is 1.24. The quantitative estimate of drug-likeness (QED) is 0.752. The third-order valence-electron chi connectivity index (χ3n) is 6.04. The van der Waals surface area contributed by atoms with Gasteiger partial charge in [0.1, 0.15) is 5.82 Å². The third kappa shape index (κ3) is 5.92. The number of carbonyl (C=O) groups excluding carboxylic acids is 1. The van der Waals surface area contributed by atoms with Crippen LogP contribution in [0.1, 0.15) is 56.3 Å². The first-order chi connectivity index (χ1) is 14.3. The molecule has 2 amide bonds. The maximum atomic E-state index is 12.1. The van der Waals surface area contributed by atoms with E-state index in [-0.39, 0.29) is 6.03 Å². The predicted octanol–water partition coefficient (Wildman–Crippen LogP) is 3.98. The molecular weight excluding hydrogens is 382 g/mol. The van der Waals surface area contributed by atoms with Crippen LogP contribution in [-0.2, 0) is 6.42 Å². The molecule has 0 spiro atoms. The Balaban J connectivity index is 1.18. The highest BCUT2D eigenvalue weighted by atomic mass is 32.1. The number of amides is 2. The minimum atomic E-state index is 0.00834. The minimum absolute atomic E-state index is 0.00834. The fourth-order valence-electron chi connectivity index (χ4n) is 4.27. The summed E-state index contributed by atoms with van der Waals surface area (Å²) in [5.74, 6) is 1.44. The molecule has 0 bridgehead atoms. The highest BCUT2D eigenvalue weighted by Crippen LogP contribution is 2.25. The van der Waals surface area contributed by atoms with Gasteiger partial charge in [0.2, 0.25) is 5.13 Å². The normalized spacial score (nSPS) is 18.6. The van der Waals surface area contributed by atoms with Gasteiger partial charge in [0.05, 0.1) is 0 Å². The second kappa shape index (κ2) is 10.1. The Bertz CT molecular complexity index is 767. The molecule has 6 nitrogen and oxygen atoms in total. The molecular formula is C22H31N5OS. The summed E-state index contributed by atoms with van der Waals surface area (Å²) in [6.07, 6.45) is 8.98. The Morgan fingerprint density at radius 2 is 1.83 bits per heavy atom. The standard InChI is InChI=1S/C22H31N5OS/c28-21(24-19-9-5-2-6-10-19)23-16-18-11-13-27(14-12-18)22-25-20(26-29-22)15-17-7-3-1-4-8-17/h1,3-4,7-8,18-19H,2,5-6,9-16H2,(H2,23,24,28). The molecule has 2 aliphatic rings. The maximum absolute atomic E-state index is 12.1. The van der Waals surface area contributed by atoms with Crippen molar-refractivity contribution >= 4 is 22.7 Å². The predicted molar refractivity (Wildman–Crippen MR) is 118 cm³/mol. The lowest BCUT2D eigenvalue weighted by molar-refractivity contribution is 0.229. The molecule has 29 heavy (non-hydrogen) atoms. The summed E-state index contributed by atoms with van der Waals surface area (Å²) in [6, 6.07) is 10.7. The molecule has 1 aromatic carbocycles. The largest absolute Gasteiger partial charge is 0.347 e. The molecule has 1 saturated heterocycles. The van der Waals surface area contributed by atoms with Crippen LogP contribution in [0.2, 0.25) is 0 Å². The van der Waals surface area contributed by atoms with Gasteiger partial charge in [0, 0.05) is 43.6 Å². The molecule has 1 aliphatic carbocycles. The van der Waals surface area contributed by atoms with Crippen molar-refractivity contribution in [1.29, 1.82) is 0 Å². The second-order valence-electron chi connectivity index (χ2n) is 8.28. The van der Waals surface area contributed by atoms with E-state index in [9.17, 15) is 4.79 Å². The van der Waals surface area contributed by atoms with E-state index in [4.69, 9.17) is 4.98 Å². The summed E-state index contributed by atoms with van der Waals surface area (Å²) in [6.45, 7) is 2.73. The number of carbonyl (C=O) groups is 1. The molecule has 1 aromatic heterocycles. The average molecular weight is 414 g/mol. The molecule has 7 heteroatoms. The van der Waals surface area contributed by atoms with Crippen LogP contribution in [-0.4, -0.2) is 41.1 Å². The zero-order chi connectivity index (χ0) is 19.9. The van der Waals surface area contributed by atoms with Gasteiger partial charge < -0.3 is 15.5 Å². The highest BCUT2D eigenvalue weighted by molar-refractivity contribution is 7.09. The van der Waals surface area contributed by atoms with Crippen LogP contribution in [0.25, 0.3) is 0 Å². The number of hydrogen-bond acceptors (Lipinski definition) is 5. The first kappa shape index (κ1) is 20.1. The van der Waals surface area contributed by atoms with Gasteiger partial charge in [-0.05, 0) is 37.2 Å². The number of aromatic nitrogens is 2. The van der Waals surface area contributed by atoms with Crippen molar-refractivity contribution in [3.63, 3.8) is 0 Å². The van der Waals surface area contributed by atoms with Gasteiger partial charge in [-0.2, -0.15) is 4.37 Å². The van der Waals surface area contributed by atoms with Crippen molar-refractivity contribution < 1.29 is 4.79 Å². The number of rotatable bonds is 6. The van der Waals surface area contributed by atoms with E-state index >= 15 is 0 Å². The van der Waals surface area contributed by atoms with Crippen LogP contribution < -0.4 is 15.5 Å². The number of nitrogens with one attached hydrogen (secondary N) is 2. The van der Waals surface area contributed by atoms with Crippen LogP contribution >= 0.6 is 11.5 Å². The summed E-state index contributed by atoms with van der Waals surface area (Å²) < 4.78 is 4.54. The van der Waals surface area contributed by atoms with E-state index < -0.39 is 0 Å². The zero-order valence-corrected chi connectivity index (χ0v) is 17.8. The van der Waals surface area contributed by atoms with Gasteiger partial charge in [-0.15, -0.1) is 0 Å². The first-order valence-corrected chi connectivity index (χ1v) is 11.7. The highest BCUT2D eigenvalue weighted by Gasteiger charge is 2.23. The number of anilines is 1. The Labute approximate surface area is 177 Å². The molecule has 0 radical (unpaired) electrons. The Morgan fingerprint density at radius 3 is 2.59 bits per heavy atom. The van der Waals surface area contributed by atoms with E-state index in [2.05, 4.69) is 44.2 Å². The Kier molecular flexibility index (Phi) is 6.98. The molecule has 4 rings (SSSR count). The molecule has 2 aromatic rings. The van der Waals surface area contributed by atoms with Gasteiger partial charge in [0.25, 0.3) is 0 Å². The second-order valence-corrected chi connectivity index (χ2v) is 9.01. The number of hydrogen-bond donors (Lipinski definition) is 2. The molecule has 1 aliphatic heterocycles. The lowest BCUT2D eigenvalue weighted by Crippen LogP contribution is -2.45. The van der Waals surface area contributed by atoms with Crippen molar-refractivity contribution in [2.45, 2.75) is 57.4 Å². The third-order valence-corrected chi connectivity index (χ3v) is 6.85. The van der Waals surface area contributed by atoms with Crippen molar-refractivity contribution in [1.82, 2.24) is 20.0 Å². The first-order valence-electron chi connectivity index (χ1n) is 10.9. The van der Waals surface area contributed by atoms with Crippen LogP contribution in [0.3, 0.4) is 0 Å². The number of piperidine rings is 1. The molecule has 2 heterocycles. The molecule has 0 atom stereocenters. The summed E-state index contributed by atoms with van der Waals surface area (Å²) in [4.78, 5) is 19.2. The van der Waals surface area contributed by atoms with E-state index in [1.807, 2.05) is 6.07 Å². The summed E-state index contributed by atoms with van der Waals surface area (Å²) >= 11 is 1.50. The topological polar surface area (TPSA) is 70.2 Å². The van der Waals surface area contributed by atoms with E-state index in [0.29, 0.717) is 12.0 Å². The number of urea groups is 1. The van der Waals surface area contributed by atoms with Crippen molar-refractivity contribution in [3.05, 3.63) is 41.7 Å². The maximum Gasteiger partial charge on any atom is 0.315 e. The van der Waals surface area contributed by atoms with Gasteiger partial charge in [-0.1, -0.05) is 49.6 Å². The monoisotopic (exact) mass is 413 g/mol. The van der Waals surface area contributed by atoms with Crippen molar-refractivity contribution in [2.75, 3.05) is 24.5 Å². The van der Waals surface area contributed by atoms with Crippen LogP contribution in [0, 0.1) is 5.92 Å². The van der Waals surface area contributed by atoms with E-state index in [0.717, 1.165) is 62.7 Å². The van der Waals surface area contributed by atoms with Crippen molar-refractivity contribution in [2.24, 2.45) is 5.92 Å². The van der Waals surface area contributed by atoms with Crippen LogP contribution in [0.5, 0.6) is 0 Å². The average Bonchev–Trinajstić information content (AvgIpc) is 3.22. The smallest absolute Gasteiger partial charge is 0.315 e. The minimum Gasteiger partial charge on any atom is -0.347 e. The lowest BCUT2D eigenvalue weighted by atomic mass is 9.95. The molecule has 1 saturated carbocycles. The molecule has 0 unspecified atom stereocenters. The molecule has 156 valence electrons. The SMILES string of the molecule is O=C(NCC1CCN(c2nc(Cc3ccccc3)ns2)CC1)NC1CCCCC1. The number of nitrogens with zero attached hydrogens (tertiary/aromatic N) is 3. The van der Waals surface area contributed by atoms with Crippen LogP contribution in [0.15, 0.2) is 30.3 Å². The molecule has 2 fully saturated rings. The van der Waals surface area contributed by atoms with Gasteiger partial charge in [0.15, 0.2) is 0 Å². The number of benzene rings is 1. The van der Waals surface area contributed by atoms with Crippen molar-refractivity contribution in [3.8, 4) is 0 Å². The van der Waals surface area contributed by atoms with Gasteiger partial charge in [-0.25, -0.2) is 9.78 Å². The Hall–Kier alpha value is -2.15. The summed E-state index contributed by atoms with van der Waals surface area (Å²) in [7, 11) is 0. The summed E-state index contributed by atoms with van der Waals surface area (Å²) in [5, 5.41) is 7.26. The van der Waals surface area contributed by atoms with Gasteiger partial charge >= 0.3 is 6.03 Å². The fourth-order valence-corrected chi connectivity index (χ4v) is 5.01. The molecule has 2 N–H and O–H groups in total.